The molecule has 1 amide bonds. The number of hydrogen-bond donors (Lipinski definition) is 3. The highest BCUT2D eigenvalue weighted by atomic mass is 32.2. The standard InChI is InChI=1S/C13H16N6OS/c14-11-17-12(15)19-13(18-11)21-8-10(20)16-7-6-9-4-2-1-3-5-9/h1-5H,6-8H2,(H,16,20)(H4,14,15,17,18,19). The number of thioether (sulfide) groups is 1. The van der Waals surface area contributed by atoms with E-state index in [1.165, 1.54) is 17.3 Å². The molecule has 0 spiro atoms. The number of nitrogen functional groups attached to an aromatic ring is 2. The van der Waals surface area contributed by atoms with E-state index in [9.17, 15) is 4.79 Å². The van der Waals surface area contributed by atoms with E-state index in [4.69, 9.17) is 11.5 Å². The zero-order valence-electron chi connectivity index (χ0n) is 11.3. The van der Waals surface area contributed by atoms with Gasteiger partial charge in [-0.05, 0) is 12.0 Å². The number of aromatic nitrogens is 3. The first kappa shape index (κ1) is 15.0. The van der Waals surface area contributed by atoms with Crippen LogP contribution in [0.25, 0.3) is 0 Å². The molecule has 110 valence electrons. The van der Waals surface area contributed by atoms with Gasteiger partial charge in [0.2, 0.25) is 17.8 Å². The number of nitrogens with zero attached hydrogens (tertiary/aromatic N) is 3. The Morgan fingerprint density at radius 2 is 1.76 bits per heavy atom. The second-order valence-corrected chi connectivity index (χ2v) is 5.15. The molecule has 0 fully saturated rings. The molecule has 7 nitrogen and oxygen atoms in total. The first-order chi connectivity index (χ1) is 10.1. The minimum Gasteiger partial charge on any atom is -0.368 e. The molecule has 1 heterocycles. The van der Waals surface area contributed by atoms with Crippen LogP contribution in [0.1, 0.15) is 5.56 Å². The van der Waals surface area contributed by atoms with Crippen LogP contribution in [-0.4, -0.2) is 33.2 Å². The zero-order valence-corrected chi connectivity index (χ0v) is 12.1. The largest absolute Gasteiger partial charge is 0.368 e. The molecule has 0 radical (unpaired) electrons. The number of nitrogens with one attached hydrogen (secondary N) is 1. The third-order valence-corrected chi connectivity index (χ3v) is 3.41. The lowest BCUT2D eigenvalue weighted by atomic mass is 10.1. The topological polar surface area (TPSA) is 120 Å². The van der Waals surface area contributed by atoms with Crippen molar-refractivity contribution in [3.63, 3.8) is 0 Å². The number of benzene rings is 1. The summed E-state index contributed by atoms with van der Waals surface area (Å²) in [7, 11) is 0. The van der Waals surface area contributed by atoms with Crippen molar-refractivity contribution in [3.8, 4) is 0 Å². The summed E-state index contributed by atoms with van der Waals surface area (Å²) >= 11 is 1.17. The smallest absolute Gasteiger partial charge is 0.230 e. The van der Waals surface area contributed by atoms with Crippen LogP contribution in [0, 0.1) is 0 Å². The molecule has 0 atom stereocenters. The van der Waals surface area contributed by atoms with Gasteiger partial charge in [-0.15, -0.1) is 0 Å². The first-order valence-electron chi connectivity index (χ1n) is 6.34. The Labute approximate surface area is 126 Å². The number of amides is 1. The second kappa shape index (κ2) is 7.44. The van der Waals surface area contributed by atoms with Crippen LogP contribution in [0.15, 0.2) is 35.5 Å². The van der Waals surface area contributed by atoms with Gasteiger partial charge >= 0.3 is 0 Å². The van der Waals surface area contributed by atoms with E-state index in [0.717, 1.165) is 6.42 Å². The average Bonchev–Trinajstić information content (AvgIpc) is 2.45. The fraction of sp³-hybridized carbons (Fsp3) is 0.231. The predicted octanol–water partition coefficient (Wildman–Crippen LogP) is 0.487. The molecule has 8 heteroatoms. The van der Waals surface area contributed by atoms with Gasteiger partial charge in [-0.1, -0.05) is 42.1 Å². The Balaban J connectivity index is 1.72. The van der Waals surface area contributed by atoms with E-state index in [2.05, 4.69) is 20.3 Å². The number of carbonyl (C=O) groups is 1. The monoisotopic (exact) mass is 304 g/mol. The Kier molecular flexibility index (Phi) is 5.33. The van der Waals surface area contributed by atoms with Gasteiger partial charge in [0, 0.05) is 6.54 Å². The van der Waals surface area contributed by atoms with Crippen LogP contribution in [0.4, 0.5) is 11.9 Å². The van der Waals surface area contributed by atoms with Crippen molar-refractivity contribution in [3.05, 3.63) is 35.9 Å². The maximum absolute atomic E-state index is 11.7. The summed E-state index contributed by atoms with van der Waals surface area (Å²) in [5.74, 6) is 0.218. The predicted molar refractivity (Wildman–Crippen MR) is 82.5 cm³/mol. The highest BCUT2D eigenvalue weighted by molar-refractivity contribution is 7.99. The van der Waals surface area contributed by atoms with Crippen molar-refractivity contribution in [2.45, 2.75) is 11.6 Å². The van der Waals surface area contributed by atoms with Crippen molar-refractivity contribution in [1.29, 1.82) is 0 Å². The molecule has 5 N–H and O–H groups in total. The third-order valence-electron chi connectivity index (χ3n) is 2.56. The van der Waals surface area contributed by atoms with E-state index < -0.39 is 0 Å². The van der Waals surface area contributed by atoms with Crippen molar-refractivity contribution < 1.29 is 4.79 Å². The van der Waals surface area contributed by atoms with Crippen molar-refractivity contribution in [2.24, 2.45) is 0 Å². The lowest BCUT2D eigenvalue weighted by Gasteiger charge is -2.05. The van der Waals surface area contributed by atoms with Crippen LogP contribution in [0.2, 0.25) is 0 Å². The fourth-order valence-corrected chi connectivity index (χ4v) is 2.30. The van der Waals surface area contributed by atoms with Crippen LogP contribution >= 0.6 is 11.8 Å². The summed E-state index contributed by atoms with van der Waals surface area (Å²) in [6.07, 6.45) is 0.795. The normalized spacial score (nSPS) is 10.3. The minimum atomic E-state index is -0.0894. The van der Waals surface area contributed by atoms with Crippen molar-refractivity contribution in [1.82, 2.24) is 20.3 Å². The summed E-state index contributed by atoms with van der Waals surface area (Å²) in [5.41, 5.74) is 12.1. The van der Waals surface area contributed by atoms with Gasteiger partial charge in [0.05, 0.1) is 5.75 Å². The van der Waals surface area contributed by atoms with Crippen LogP contribution < -0.4 is 16.8 Å². The Morgan fingerprint density at radius 1 is 1.10 bits per heavy atom. The summed E-state index contributed by atoms with van der Waals surface area (Å²) in [4.78, 5) is 23.2. The van der Waals surface area contributed by atoms with E-state index in [-0.39, 0.29) is 23.6 Å². The number of carbonyl (C=O) groups excluding carboxylic acids is 1. The van der Waals surface area contributed by atoms with Crippen molar-refractivity contribution >= 4 is 29.6 Å². The molecule has 0 aliphatic rings. The molecule has 0 aliphatic heterocycles. The molecule has 0 bridgehead atoms. The summed E-state index contributed by atoms with van der Waals surface area (Å²) in [6.45, 7) is 0.588. The van der Waals surface area contributed by atoms with Crippen LogP contribution in [0.5, 0.6) is 0 Å². The number of nitrogens with two attached hydrogens (primary N) is 2. The van der Waals surface area contributed by atoms with Gasteiger partial charge in [-0.25, -0.2) is 0 Å². The highest BCUT2D eigenvalue weighted by Gasteiger charge is 2.06. The van der Waals surface area contributed by atoms with E-state index >= 15 is 0 Å². The summed E-state index contributed by atoms with van der Waals surface area (Å²) in [6, 6.07) is 9.96. The lowest BCUT2D eigenvalue weighted by Crippen LogP contribution is -2.27. The van der Waals surface area contributed by atoms with E-state index in [1.807, 2.05) is 30.3 Å². The van der Waals surface area contributed by atoms with E-state index in [0.29, 0.717) is 11.7 Å². The number of anilines is 2. The second-order valence-electron chi connectivity index (χ2n) is 4.21. The highest BCUT2D eigenvalue weighted by Crippen LogP contribution is 2.13. The van der Waals surface area contributed by atoms with Gasteiger partial charge in [0.1, 0.15) is 0 Å². The molecule has 0 aliphatic carbocycles. The SMILES string of the molecule is Nc1nc(N)nc(SCC(=O)NCCc2ccccc2)n1. The van der Waals surface area contributed by atoms with Gasteiger partial charge in [0.25, 0.3) is 0 Å². The lowest BCUT2D eigenvalue weighted by molar-refractivity contribution is -0.118. The Hall–Kier alpha value is -2.35. The quantitative estimate of drug-likeness (QED) is 0.664. The molecule has 21 heavy (non-hydrogen) atoms. The fourth-order valence-electron chi connectivity index (χ4n) is 1.62. The molecule has 0 saturated heterocycles. The first-order valence-corrected chi connectivity index (χ1v) is 7.32. The maximum atomic E-state index is 11.7. The number of hydrogen-bond acceptors (Lipinski definition) is 7. The number of rotatable bonds is 6. The Bertz CT molecular complexity index is 587. The minimum absolute atomic E-state index is 0.0504. The van der Waals surface area contributed by atoms with Gasteiger partial charge < -0.3 is 16.8 Å². The molecule has 0 saturated carbocycles. The van der Waals surface area contributed by atoms with Gasteiger partial charge in [0.15, 0.2) is 5.16 Å². The molecular weight excluding hydrogens is 288 g/mol. The molecular formula is C13H16N6OS. The van der Waals surface area contributed by atoms with Gasteiger partial charge in [-0.2, -0.15) is 15.0 Å². The van der Waals surface area contributed by atoms with Gasteiger partial charge in [-0.3, -0.25) is 4.79 Å². The molecule has 1 aromatic heterocycles. The summed E-state index contributed by atoms with van der Waals surface area (Å²) in [5, 5.41) is 3.18. The van der Waals surface area contributed by atoms with Crippen LogP contribution in [-0.2, 0) is 11.2 Å². The average molecular weight is 304 g/mol. The maximum Gasteiger partial charge on any atom is 0.230 e. The molecule has 1 aromatic carbocycles. The summed E-state index contributed by atoms with van der Waals surface area (Å²) < 4.78 is 0. The van der Waals surface area contributed by atoms with Crippen molar-refractivity contribution in [2.75, 3.05) is 23.8 Å². The zero-order chi connectivity index (χ0) is 15.1. The molecule has 0 unspecified atom stereocenters. The Morgan fingerprint density at radius 3 is 2.43 bits per heavy atom. The molecule has 2 rings (SSSR count). The van der Waals surface area contributed by atoms with Crippen LogP contribution in [0.3, 0.4) is 0 Å². The third kappa shape index (κ3) is 5.27. The van der Waals surface area contributed by atoms with E-state index in [1.54, 1.807) is 0 Å². The molecule has 2 aromatic rings.